The van der Waals surface area contributed by atoms with E-state index in [-0.39, 0.29) is 12.2 Å². The van der Waals surface area contributed by atoms with Gasteiger partial charge in [0, 0.05) is 6.42 Å². The summed E-state index contributed by atoms with van der Waals surface area (Å²) in [7, 11) is 0. The summed E-state index contributed by atoms with van der Waals surface area (Å²) in [6.07, 6.45) is 1.91. The van der Waals surface area contributed by atoms with Crippen LogP contribution in [0.25, 0.3) is 0 Å². The zero-order chi connectivity index (χ0) is 13.7. The molecule has 0 saturated heterocycles. The molecule has 0 radical (unpaired) electrons. The number of carbonyl (C=O) groups is 1. The van der Waals surface area contributed by atoms with E-state index < -0.39 is 11.8 Å². The highest BCUT2D eigenvalue weighted by atomic mass is 19.1. The van der Waals surface area contributed by atoms with E-state index in [1.165, 1.54) is 12.1 Å². The number of aryl methyl sites for hydroxylation is 2. The summed E-state index contributed by atoms with van der Waals surface area (Å²) >= 11 is 0. The van der Waals surface area contributed by atoms with Crippen LogP contribution in [0, 0.1) is 11.7 Å². The molecule has 1 rings (SSSR count). The molecular weight excluding hydrogens is 235 g/mol. The van der Waals surface area contributed by atoms with Crippen LogP contribution < -0.4 is 0 Å². The van der Waals surface area contributed by atoms with Crippen molar-refractivity contribution in [2.45, 2.75) is 39.5 Å². The van der Waals surface area contributed by atoms with Crippen molar-refractivity contribution >= 4 is 5.97 Å². The Hall–Kier alpha value is -1.58. The fourth-order valence-electron chi connectivity index (χ4n) is 1.80. The molecule has 0 saturated carbocycles. The van der Waals surface area contributed by atoms with Crippen molar-refractivity contribution in [3.8, 4) is 5.75 Å². The third-order valence-electron chi connectivity index (χ3n) is 2.87. The molecule has 18 heavy (non-hydrogen) atoms. The number of hydrogen-bond donors (Lipinski definition) is 2. The first-order valence-electron chi connectivity index (χ1n) is 6.12. The second-order valence-corrected chi connectivity index (χ2v) is 4.90. The first kappa shape index (κ1) is 14.5. The SMILES string of the molecule is CC(C)CCc1cc(O)c(F)cc1CCC(=O)O. The van der Waals surface area contributed by atoms with Crippen LogP contribution in [0.5, 0.6) is 5.75 Å². The molecule has 0 heterocycles. The summed E-state index contributed by atoms with van der Waals surface area (Å²) in [6.45, 7) is 4.17. The molecule has 3 nitrogen and oxygen atoms in total. The Bertz CT molecular complexity index is 427. The zero-order valence-electron chi connectivity index (χ0n) is 10.7. The Morgan fingerprint density at radius 2 is 1.89 bits per heavy atom. The minimum atomic E-state index is -0.904. The van der Waals surface area contributed by atoms with Crippen LogP contribution >= 0.6 is 0 Å². The lowest BCUT2D eigenvalue weighted by Crippen LogP contribution is -2.03. The number of carboxylic acid groups (broad SMARTS) is 1. The van der Waals surface area contributed by atoms with Gasteiger partial charge in [-0.3, -0.25) is 4.79 Å². The number of phenolic OH excluding ortho intramolecular Hbond substituents is 1. The number of phenols is 1. The Morgan fingerprint density at radius 1 is 1.28 bits per heavy atom. The van der Waals surface area contributed by atoms with Gasteiger partial charge in [-0.2, -0.15) is 0 Å². The standard InChI is InChI=1S/C14H19FO3/c1-9(2)3-4-11-8-13(16)12(15)7-10(11)5-6-14(17)18/h7-9,16H,3-6H2,1-2H3,(H,17,18). The lowest BCUT2D eigenvalue weighted by Gasteiger charge is -2.11. The van der Waals surface area contributed by atoms with Crippen LogP contribution in [-0.2, 0) is 17.6 Å². The van der Waals surface area contributed by atoms with Crippen LogP contribution in [0.4, 0.5) is 4.39 Å². The molecule has 1 aromatic rings. The van der Waals surface area contributed by atoms with E-state index in [1.807, 2.05) is 0 Å². The Balaban J connectivity index is 2.89. The topological polar surface area (TPSA) is 57.5 Å². The number of benzene rings is 1. The number of aromatic hydroxyl groups is 1. The second-order valence-electron chi connectivity index (χ2n) is 4.90. The second kappa shape index (κ2) is 6.38. The summed E-state index contributed by atoms with van der Waals surface area (Å²) in [5.74, 6) is -1.46. The average molecular weight is 254 g/mol. The summed E-state index contributed by atoms with van der Waals surface area (Å²) < 4.78 is 13.3. The number of rotatable bonds is 6. The molecule has 0 aliphatic carbocycles. The monoisotopic (exact) mass is 254 g/mol. The molecule has 0 fully saturated rings. The quantitative estimate of drug-likeness (QED) is 0.820. The smallest absolute Gasteiger partial charge is 0.303 e. The minimum absolute atomic E-state index is 0.0289. The molecule has 0 atom stereocenters. The Labute approximate surface area is 106 Å². The summed E-state index contributed by atoms with van der Waals surface area (Å²) in [5.41, 5.74) is 1.51. The highest BCUT2D eigenvalue weighted by Crippen LogP contribution is 2.24. The van der Waals surface area contributed by atoms with Gasteiger partial charge in [0.2, 0.25) is 0 Å². The lowest BCUT2D eigenvalue weighted by molar-refractivity contribution is -0.136. The molecule has 0 spiro atoms. The summed E-state index contributed by atoms with van der Waals surface area (Å²) in [6, 6.07) is 2.66. The van der Waals surface area contributed by atoms with Crippen molar-refractivity contribution in [2.24, 2.45) is 5.92 Å². The first-order chi connectivity index (χ1) is 8.40. The average Bonchev–Trinajstić information content (AvgIpc) is 2.28. The fraction of sp³-hybridized carbons (Fsp3) is 0.500. The maximum absolute atomic E-state index is 13.3. The summed E-state index contributed by atoms with van der Waals surface area (Å²) in [5, 5.41) is 18.0. The maximum atomic E-state index is 13.3. The van der Waals surface area contributed by atoms with Crippen LogP contribution in [0.3, 0.4) is 0 Å². The van der Waals surface area contributed by atoms with Gasteiger partial charge in [0.15, 0.2) is 11.6 Å². The molecule has 0 aliphatic rings. The van der Waals surface area contributed by atoms with E-state index >= 15 is 0 Å². The van der Waals surface area contributed by atoms with E-state index in [2.05, 4.69) is 13.8 Å². The molecule has 0 unspecified atom stereocenters. The predicted octanol–water partition coefficient (Wildman–Crippen LogP) is 3.14. The maximum Gasteiger partial charge on any atom is 0.303 e. The third kappa shape index (κ3) is 4.35. The van der Waals surface area contributed by atoms with E-state index in [0.29, 0.717) is 17.9 Å². The molecule has 4 heteroatoms. The van der Waals surface area contributed by atoms with Crippen LogP contribution in [0.15, 0.2) is 12.1 Å². The van der Waals surface area contributed by atoms with Crippen LogP contribution in [-0.4, -0.2) is 16.2 Å². The zero-order valence-corrected chi connectivity index (χ0v) is 10.7. The fourth-order valence-corrected chi connectivity index (χ4v) is 1.80. The molecule has 0 amide bonds. The minimum Gasteiger partial charge on any atom is -0.505 e. The van der Waals surface area contributed by atoms with E-state index in [1.54, 1.807) is 0 Å². The number of hydrogen-bond acceptors (Lipinski definition) is 2. The number of carboxylic acids is 1. The van der Waals surface area contributed by atoms with E-state index in [9.17, 15) is 14.3 Å². The predicted molar refractivity (Wildman–Crippen MR) is 67.2 cm³/mol. The van der Waals surface area contributed by atoms with Gasteiger partial charge in [-0.05, 0) is 48.4 Å². The number of aliphatic carboxylic acids is 1. The molecule has 100 valence electrons. The summed E-state index contributed by atoms with van der Waals surface area (Å²) in [4.78, 5) is 10.6. The van der Waals surface area contributed by atoms with E-state index in [4.69, 9.17) is 5.11 Å². The van der Waals surface area contributed by atoms with Gasteiger partial charge in [0.25, 0.3) is 0 Å². The van der Waals surface area contributed by atoms with Gasteiger partial charge in [0.1, 0.15) is 0 Å². The normalized spacial score (nSPS) is 10.9. The highest BCUT2D eigenvalue weighted by Gasteiger charge is 2.11. The molecule has 1 aromatic carbocycles. The van der Waals surface area contributed by atoms with Gasteiger partial charge >= 0.3 is 5.97 Å². The first-order valence-corrected chi connectivity index (χ1v) is 6.12. The van der Waals surface area contributed by atoms with Gasteiger partial charge in [0.05, 0.1) is 0 Å². The van der Waals surface area contributed by atoms with Gasteiger partial charge in [-0.15, -0.1) is 0 Å². The van der Waals surface area contributed by atoms with E-state index in [0.717, 1.165) is 18.4 Å². The van der Waals surface area contributed by atoms with Crippen molar-refractivity contribution in [1.82, 2.24) is 0 Å². The molecule has 0 aliphatic heterocycles. The highest BCUT2D eigenvalue weighted by molar-refractivity contribution is 5.67. The van der Waals surface area contributed by atoms with Crippen molar-refractivity contribution in [1.29, 1.82) is 0 Å². The van der Waals surface area contributed by atoms with Gasteiger partial charge < -0.3 is 10.2 Å². The molecule has 2 N–H and O–H groups in total. The van der Waals surface area contributed by atoms with Gasteiger partial charge in [-0.25, -0.2) is 4.39 Å². The Morgan fingerprint density at radius 3 is 2.44 bits per heavy atom. The Kier molecular flexibility index (Phi) is 5.13. The van der Waals surface area contributed by atoms with Gasteiger partial charge in [-0.1, -0.05) is 13.8 Å². The van der Waals surface area contributed by atoms with Crippen LogP contribution in [0.2, 0.25) is 0 Å². The van der Waals surface area contributed by atoms with Crippen molar-refractivity contribution in [3.05, 3.63) is 29.1 Å². The van der Waals surface area contributed by atoms with Crippen molar-refractivity contribution in [2.75, 3.05) is 0 Å². The van der Waals surface area contributed by atoms with Crippen LogP contribution in [0.1, 0.15) is 37.8 Å². The lowest BCUT2D eigenvalue weighted by atomic mass is 9.95. The molecule has 0 aromatic heterocycles. The largest absolute Gasteiger partial charge is 0.505 e. The van der Waals surface area contributed by atoms with Crippen molar-refractivity contribution in [3.63, 3.8) is 0 Å². The number of halogens is 1. The molecule has 0 bridgehead atoms. The third-order valence-corrected chi connectivity index (χ3v) is 2.87. The van der Waals surface area contributed by atoms with Crippen molar-refractivity contribution < 1.29 is 19.4 Å². The molecular formula is C14H19FO3.